The number of nitrogens with two attached hydrogens (primary N) is 1. The smallest absolute Gasteiger partial charge is 0.241 e. The number of hydrogen-bond acceptors (Lipinski definition) is 3. The maximum Gasteiger partial charge on any atom is 0.241 e. The Bertz CT molecular complexity index is 554. The van der Waals surface area contributed by atoms with Gasteiger partial charge in [-0.1, -0.05) is 51.2 Å². The Morgan fingerprint density at radius 1 is 1.37 bits per heavy atom. The van der Waals surface area contributed by atoms with Crippen LogP contribution < -0.4 is 10.5 Å². The molecule has 0 fully saturated rings. The molecule has 0 saturated carbocycles. The van der Waals surface area contributed by atoms with Crippen molar-refractivity contribution < 1.29 is 8.42 Å². The summed E-state index contributed by atoms with van der Waals surface area (Å²) >= 11 is 4.90. The monoisotopic (exact) mass is 300 g/mol. The van der Waals surface area contributed by atoms with Crippen molar-refractivity contribution in [3.63, 3.8) is 0 Å². The SMILES string of the molecule is CCC(NS(=O)(=O)c1ccccc1C(N)=S)C(C)C. The lowest BCUT2D eigenvalue weighted by atomic mass is 10.0. The fraction of sp³-hybridized carbons (Fsp3) is 0.462. The fourth-order valence-corrected chi connectivity index (χ4v) is 3.79. The van der Waals surface area contributed by atoms with Crippen LogP contribution in [-0.2, 0) is 10.0 Å². The molecule has 0 aliphatic heterocycles. The molecule has 1 aromatic rings. The van der Waals surface area contributed by atoms with E-state index in [0.717, 1.165) is 6.42 Å². The summed E-state index contributed by atoms with van der Waals surface area (Å²) in [6, 6.07) is 6.40. The number of benzene rings is 1. The summed E-state index contributed by atoms with van der Waals surface area (Å²) in [5, 5.41) is 0. The minimum atomic E-state index is -3.61. The van der Waals surface area contributed by atoms with Gasteiger partial charge in [0.2, 0.25) is 10.0 Å². The molecule has 1 aromatic carbocycles. The summed E-state index contributed by atoms with van der Waals surface area (Å²) in [5.41, 5.74) is 5.95. The van der Waals surface area contributed by atoms with Gasteiger partial charge >= 0.3 is 0 Å². The van der Waals surface area contributed by atoms with Gasteiger partial charge in [-0.3, -0.25) is 0 Å². The van der Waals surface area contributed by atoms with Crippen molar-refractivity contribution in [2.75, 3.05) is 0 Å². The molecule has 6 heteroatoms. The van der Waals surface area contributed by atoms with E-state index in [4.69, 9.17) is 18.0 Å². The van der Waals surface area contributed by atoms with E-state index < -0.39 is 10.0 Å². The Kier molecular flexibility index (Phi) is 5.46. The topological polar surface area (TPSA) is 72.2 Å². The third-order valence-electron chi connectivity index (χ3n) is 2.99. The lowest BCUT2D eigenvalue weighted by Gasteiger charge is -2.21. The zero-order chi connectivity index (χ0) is 14.6. The first-order valence-corrected chi connectivity index (χ1v) is 8.10. The minimum absolute atomic E-state index is 0.0820. The summed E-state index contributed by atoms with van der Waals surface area (Å²) in [6.07, 6.45) is 0.728. The zero-order valence-corrected chi connectivity index (χ0v) is 13.0. The highest BCUT2D eigenvalue weighted by atomic mass is 32.2. The molecule has 0 amide bonds. The van der Waals surface area contributed by atoms with Crippen LogP contribution in [0.4, 0.5) is 0 Å². The van der Waals surface area contributed by atoms with Crippen LogP contribution in [0.3, 0.4) is 0 Å². The van der Waals surface area contributed by atoms with Crippen LogP contribution in [0.5, 0.6) is 0 Å². The van der Waals surface area contributed by atoms with Gasteiger partial charge < -0.3 is 5.73 Å². The molecule has 0 saturated heterocycles. The van der Waals surface area contributed by atoms with Crippen molar-refractivity contribution in [3.05, 3.63) is 29.8 Å². The molecule has 0 aliphatic rings. The number of rotatable bonds is 6. The molecule has 19 heavy (non-hydrogen) atoms. The third-order valence-corrected chi connectivity index (χ3v) is 4.76. The van der Waals surface area contributed by atoms with E-state index in [1.165, 1.54) is 6.07 Å². The van der Waals surface area contributed by atoms with Crippen LogP contribution in [0.1, 0.15) is 32.8 Å². The first-order valence-electron chi connectivity index (χ1n) is 6.20. The Hall–Kier alpha value is -0.980. The van der Waals surface area contributed by atoms with Crippen LogP contribution in [0.15, 0.2) is 29.2 Å². The van der Waals surface area contributed by atoms with E-state index in [9.17, 15) is 8.42 Å². The fourth-order valence-electron chi connectivity index (χ4n) is 1.86. The second-order valence-corrected chi connectivity index (χ2v) is 6.86. The quantitative estimate of drug-likeness (QED) is 0.789. The van der Waals surface area contributed by atoms with Crippen LogP contribution >= 0.6 is 12.2 Å². The number of nitrogens with one attached hydrogen (secondary N) is 1. The van der Waals surface area contributed by atoms with E-state index in [0.29, 0.717) is 5.56 Å². The van der Waals surface area contributed by atoms with Gasteiger partial charge in [0.05, 0.1) is 4.90 Å². The Balaban J connectivity index is 3.17. The average Bonchev–Trinajstić information content (AvgIpc) is 2.35. The van der Waals surface area contributed by atoms with E-state index >= 15 is 0 Å². The molecular formula is C13H20N2O2S2. The molecule has 0 spiro atoms. The predicted octanol–water partition coefficient (Wildman–Crippen LogP) is 2.03. The Morgan fingerprint density at radius 2 is 1.95 bits per heavy atom. The van der Waals surface area contributed by atoms with E-state index in [1.807, 2.05) is 20.8 Å². The van der Waals surface area contributed by atoms with Crippen molar-refractivity contribution in [2.45, 2.75) is 38.1 Å². The molecule has 0 bridgehead atoms. The lowest BCUT2D eigenvalue weighted by molar-refractivity contribution is 0.437. The van der Waals surface area contributed by atoms with E-state index in [2.05, 4.69) is 4.72 Å². The van der Waals surface area contributed by atoms with Crippen molar-refractivity contribution in [1.29, 1.82) is 0 Å². The molecule has 1 unspecified atom stereocenters. The van der Waals surface area contributed by atoms with Gasteiger partial charge in [-0.15, -0.1) is 0 Å². The van der Waals surface area contributed by atoms with E-state index in [-0.39, 0.29) is 21.8 Å². The van der Waals surface area contributed by atoms with E-state index in [1.54, 1.807) is 18.2 Å². The van der Waals surface area contributed by atoms with Gasteiger partial charge in [0, 0.05) is 11.6 Å². The standard InChI is InChI=1S/C13H20N2O2S2/c1-4-11(9(2)3)15-19(16,17)12-8-6-5-7-10(12)13(14)18/h5-9,11,15H,4H2,1-3H3,(H2,14,18). The van der Waals surface area contributed by atoms with Gasteiger partial charge in [0.25, 0.3) is 0 Å². The van der Waals surface area contributed by atoms with Gasteiger partial charge in [0.15, 0.2) is 0 Å². The number of sulfonamides is 1. The molecule has 3 N–H and O–H groups in total. The van der Waals surface area contributed by atoms with Crippen molar-refractivity contribution >= 4 is 27.2 Å². The molecule has 1 atom stereocenters. The molecule has 106 valence electrons. The van der Waals surface area contributed by atoms with Gasteiger partial charge in [-0.2, -0.15) is 0 Å². The first kappa shape index (κ1) is 16.1. The van der Waals surface area contributed by atoms with Crippen LogP contribution in [-0.4, -0.2) is 19.4 Å². The summed E-state index contributed by atoms with van der Waals surface area (Å²) in [4.78, 5) is 0.222. The minimum Gasteiger partial charge on any atom is -0.389 e. The van der Waals surface area contributed by atoms with Gasteiger partial charge in [0.1, 0.15) is 4.99 Å². The molecular weight excluding hydrogens is 280 g/mol. The average molecular weight is 300 g/mol. The Morgan fingerprint density at radius 3 is 2.42 bits per heavy atom. The Labute approximate surface area is 120 Å². The van der Waals surface area contributed by atoms with Crippen LogP contribution in [0, 0.1) is 5.92 Å². The highest BCUT2D eigenvalue weighted by molar-refractivity contribution is 7.89. The maximum atomic E-state index is 12.4. The summed E-state index contributed by atoms with van der Waals surface area (Å²) < 4.78 is 27.5. The normalized spacial score (nSPS) is 13.5. The summed E-state index contributed by atoms with van der Waals surface area (Å²) in [6.45, 7) is 5.92. The molecule has 0 aliphatic carbocycles. The third kappa shape index (κ3) is 3.99. The predicted molar refractivity (Wildman–Crippen MR) is 81.6 cm³/mol. The second kappa shape index (κ2) is 6.45. The zero-order valence-electron chi connectivity index (χ0n) is 11.4. The molecule has 4 nitrogen and oxygen atoms in total. The van der Waals surface area contributed by atoms with Crippen molar-refractivity contribution in [2.24, 2.45) is 11.7 Å². The van der Waals surface area contributed by atoms with Gasteiger partial charge in [-0.25, -0.2) is 13.1 Å². The first-order chi connectivity index (χ1) is 8.79. The molecule has 0 radical (unpaired) electrons. The van der Waals surface area contributed by atoms with Crippen LogP contribution in [0.25, 0.3) is 0 Å². The largest absolute Gasteiger partial charge is 0.389 e. The summed E-state index contributed by atoms with van der Waals surface area (Å²) in [5.74, 6) is 0.219. The summed E-state index contributed by atoms with van der Waals surface area (Å²) in [7, 11) is -3.61. The molecule has 1 rings (SSSR count). The maximum absolute atomic E-state index is 12.4. The molecule has 0 aromatic heterocycles. The highest BCUT2D eigenvalue weighted by Gasteiger charge is 2.24. The van der Waals surface area contributed by atoms with Crippen molar-refractivity contribution in [1.82, 2.24) is 4.72 Å². The lowest BCUT2D eigenvalue weighted by Crippen LogP contribution is -2.38. The van der Waals surface area contributed by atoms with Crippen molar-refractivity contribution in [3.8, 4) is 0 Å². The number of hydrogen-bond donors (Lipinski definition) is 2. The van der Waals surface area contributed by atoms with Crippen LogP contribution in [0.2, 0.25) is 0 Å². The highest BCUT2D eigenvalue weighted by Crippen LogP contribution is 2.17. The number of thiocarbonyl (C=S) groups is 1. The van der Waals surface area contributed by atoms with Gasteiger partial charge in [-0.05, 0) is 18.4 Å². The second-order valence-electron chi connectivity index (χ2n) is 4.74. The molecule has 0 heterocycles.